The van der Waals surface area contributed by atoms with E-state index in [1.54, 1.807) is 4.90 Å². The van der Waals surface area contributed by atoms with Crippen LogP contribution in [-0.2, 0) is 26.2 Å². The molecular weight excluding hydrogens is 540 g/mol. The van der Waals surface area contributed by atoms with Gasteiger partial charge in [0, 0.05) is 32.2 Å². The van der Waals surface area contributed by atoms with Gasteiger partial charge in [0.25, 0.3) is 0 Å². The Hall–Kier alpha value is -2.79. The summed E-state index contributed by atoms with van der Waals surface area (Å²) in [6.07, 6.45) is 1.97. The van der Waals surface area contributed by atoms with E-state index >= 15 is 0 Å². The van der Waals surface area contributed by atoms with Gasteiger partial charge in [-0.05, 0) is 54.6 Å². The summed E-state index contributed by atoms with van der Waals surface area (Å²) < 4.78 is 31.6. The number of aliphatic hydroxyl groups is 1. The van der Waals surface area contributed by atoms with E-state index in [9.17, 15) is 9.90 Å². The van der Waals surface area contributed by atoms with Gasteiger partial charge in [-0.1, -0.05) is 84.4 Å². The number of piperidine rings is 1. The summed E-state index contributed by atoms with van der Waals surface area (Å²) in [6, 6.07) is 27.7. The number of likely N-dealkylation sites (tertiary alicyclic amines) is 1. The van der Waals surface area contributed by atoms with Crippen LogP contribution in [0.25, 0.3) is 0 Å². The third-order valence-corrected chi connectivity index (χ3v) is 7.42. The lowest BCUT2D eigenvalue weighted by molar-refractivity contribution is -0.133. The molecule has 210 valence electrons. The van der Waals surface area contributed by atoms with E-state index < -0.39 is 21.4 Å². The zero-order chi connectivity index (χ0) is 28.7. The van der Waals surface area contributed by atoms with Crippen molar-refractivity contribution in [2.45, 2.75) is 30.3 Å². The Balaban J connectivity index is 0.000000771. The Morgan fingerprint density at radius 3 is 1.74 bits per heavy atom. The van der Waals surface area contributed by atoms with Gasteiger partial charge in [-0.2, -0.15) is 8.42 Å². The summed E-state index contributed by atoms with van der Waals surface area (Å²) in [7, 11) is -1.01. The first kappa shape index (κ1) is 30.7. The minimum atomic E-state index is -4.67. The molecule has 4 rings (SSSR count). The molecule has 0 aliphatic carbocycles. The van der Waals surface area contributed by atoms with E-state index in [4.69, 9.17) is 29.1 Å². The SMILES string of the molecule is CN(C)C(=O)C(CCN1CCC(O)(c2ccc(Cl)cc2)CC1)(c1ccccc1)c1ccccc1.O=S(=O)(O)O. The van der Waals surface area contributed by atoms with Crippen LogP contribution in [-0.4, -0.2) is 72.1 Å². The highest BCUT2D eigenvalue weighted by Gasteiger charge is 2.43. The number of amides is 1. The number of rotatable bonds is 7. The van der Waals surface area contributed by atoms with E-state index in [1.807, 2.05) is 74.8 Å². The Labute approximate surface area is 235 Å². The molecule has 1 aliphatic rings. The highest BCUT2D eigenvalue weighted by atomic mass is 35.5. The highest BCUT2D eigenvalue weighted by molar-refractivity contribution is 7.79. The van der Waals surface area contributed by atoms with Crippen LogP contribution in [0.1, 0.15) is 36.0 Å². The summed E-state index contributed by atoms with van der Waals surface area (Å²) in [5.74, 6) is 0.0829. The fourth-order valence-electron chi connectivity index (χ4n) is 5.16. The first-order chi connectivity index (χ1) is 18.3. The Bertz CT molecular complexity index is 1260. The molecule has 39 heavy (non-hydrogen) atoms. The van der Waals surface area contributed by atoms with Gasteiger partial charge in [0.05, 0.1) is 5.60 Å². The van der Waals surface area contributed by atoms with Crippen molar-refractivity contribution >= 4 is 27.9 Å². The number of carbonyl (C=O) groups excluding carboxylic acids is 1. The smallest absolute Gasteiger partial charge is 0.385 e. The van der Waals surface area contributed by atoms with Gasteiger partial charge in [-0.15, -0.1) is 0 Å². The van der Waals surface area contributed by atoms with Gasteiger partial charge in [0.15, 0.2) is 0 Å². The van der Waals surface area contributed by atoms with Gasteiger partial charge in [-0.3, -0.25) is 13.9 Å². The molecule has 3 aromatic carbocycles. The predicted molar refractivity (Wildman–Crippen MR) is 152 cm³/mol. The fourth-order valence-corrected chi connectivity index (χ4v) is 5.28. The maximum absolute atomic E-state index is 13.8. The van der Waals surface area contributed by atoms with Crippen LogP contribution in [0, 0.1) is 0 Å². The predicted octanol–water partition coefficient (Wildman–Crippen LogP) is 4.44. The van der Waals surface area contributed by atoms with Crippen molar-refractivity contribution in [3.63, 3.8) is 0 Å². The third kappa shape index (κ3) is 8.11. The maximum Gasteiger partial charge on any atom is 0.394 e. The second-order valence-corrected chi connectivity index (χ2v) is 11.2. The second-order valence-electron chi connectivity index (χ2n) is 9.91. The van der Waals surface area contributed by atoms with Crippen molar-refractivity contribution < 1.29 is 27.4 Å². The number of halogens is 1. The Morgan fingerprint density at radius 1 is 0.897 bits per heavy atom. The van der Waals surface area contributed by atoms with Gasteiger partial charge >= 0.3 is 10.4 Å². The monoisotopic (exact) mass is 574 g/mol. The summed E-state index contributed by atoms with van der Waals surface area (Å²) >= 11 is 6.03. The lowest BCUT2D eigenvalue weighted by Crippen LogP contribution is -2.48. The van der Waals surface area contributed by atoms with Crippen LogP contribution in [0.3, 0.4) is 0 Å². The lowest BCUT2D eigenvalue weighted by Gasteiger charge is -2.41. The summed E-state index contributed by atoms with van der Waals surface area (Å²) in [5.41, 5.74) is 1.33. The molecule has 3 N–H and O–H groups in total. The number of likely N-dealkylation sites (N-methyl/N-ethyl adjacent to an activating group) is 1. The van der Waals surface area contributed by atoms with Gasteiger partial charge in [0.2, 0.25) is 5.91 Å². The van der Waals surface area contributed by atoms with E-state index in [0.29, 0.717) is 24.3 Å². The molecule has 1 heterocycles. The largest absolute Gasteiger partial charge is 0.394 e. The fraction of sp³-hybridized carbons (Fsp3) is 0.345. The number of benzene rings is 3. The van der Waals surface area contributed by atoms with Gasteiger partial charge < -0.3 is 14.9 Å². The third-order valence-electron chi connectivity index (χ3n) is 7.17. The van der Waals surface area contributed by atoms with E-state index in [-0.39, 0.29) is 5.91 Å². The van der Waals surface area contributed by atoms with Crippen molar-refractivity contribution in [3.8, 4) is 0 Å². The van der Waals surface area contributed by atoms with Crippen LogP contribution in [0.15, 0.2) is 84.9 Å². The number of hydrogen-bond donors (Lipinski definition) is 3. The zero-order valence-electron chi connectivity index (χ0n) is 22.1. The van der Waals surface area contributed by atoms with E-state index in [0.717, 1.165) is 36.3 Å². The molecule has 8 nitrogen and oxygen atoms in total. The van der Waals surface area contributed by atoms with Gasteiger partial charge in [0.1, 0.15) is 5.41 Å². The molecule has 0 spiro atoms. The first-order valence-corrected chi connectivity index (χ1v) is 14.4. The van der Waals surface area contributed by atoms with E-state index in [2.05, 4.69) is 29.2 Å². The normalized spacial score (nSPS) is 15.6. The molecule has 10 heteroatoms. The average Bonchev–Trinajstić information content (AvgIpc) is 2.90. The van der Waals surface area contributed by atoms with Crippen molar-refractivity contribution in [3.05, 3.63) is 107 Å². The van der Waals surface area contributed by atoms with Crippen LogP contribution in [0.2, 0.25) is 5.02 Å². The van der Waals surface area contributed by atoms with Gasteiger partial charge in [-0.25, -0.2) is 0 Å². The second kappa shape index (κ2) is 13.0. The summed E-state index contributed by atoms with van der Waals surface area (Å²) in [5, 5.41) is 11.9. The quantitative estimate of drug-likeness (QED) is 0.357. The van der Waals surface area contributed by atoms with Crippen molar-refractivity contribution in [2.75, 3.05) is 33.7 Å². The minimum Gasteiger partial charge on any atom is -0.385 e. The van der Waals surface area contributed by atoms with Crippen LogP contribution in [0.5, 0.6) is 0 Å². The van der Waals surface area contributed by atoms with Crippen LogP contribution >= 0.6 is 11.6 Å². The molecule has 1 amide bonds. The van der Waals surface area contributed by atoms with Crippen molar-refractivity contribution in [2.24, 2.45) is 0 Å². The van der Waals surface area contributed by atoms with Crippen molar-refractivity contribution in [1.82, 2.24) is 9.80 Å². The minimum absolute atomic E-state index is 0.0829. The van der Waals surface area contributed by atoms with Crippen LogP contribution < -0.4 is 0 Å². The molecule has 0 saturated carbocycles. The molecule has 0 radical (unpaired) electrons. The summed E-state index contributed by atoms with van der Waals surface area (Å²) in [6.45, 7) is 2.31. The van der Waals surface area contributed by atoms with E-state index in [1.165, 1.54) is 0 Å². The molecule has 0 atom stereocenters. The van der Waals surface area contributed by atoms with Crippen molar-refractivity contribution in [1.29, 1.82) is 0 Å². The molecule has 1 fully saturated rings. The van der Waals surface area contributed by atoms with Crippen LogP contribution in [0.4, 0.5) is 0 Å². The molecule has 3 aromatic rings. The molecular formula is C29H35ClN2O6S. The Kier molecular flexibility index (Phi) is 10.3. The number of nitrogens with zero attached hydrogens (tertiary/aromatic N) is 2. The maximum atomic E-state index is 13.8. The average molecular weight is 575 g/mol. The summed E-state index contributed by atoms with van der Waals surface area (Å²) in [4.78, 5) is 17.9. The molecule has 0 bridgehead atoms. The molecule has 1 aliphatic heterocycles. The Morgan fingerprint density at radius 2 is 1.33 bits per heavy atom. The molecule has 1 saturated heterocycles. The first-order valence-electron chi connectivity index (χ1n) is 12.6. The highest BCUT2D eigenvalue weighted by Crippen LogP contribution is 2.39. The lowest BCUT2D eigenvalue weighted by atomic mass is 9.70. The molecule has 0 aromatic heterocycles. The topological polar surface area (TPSA) is 118 Å². The standard InChI is InChI=1S/C29H33ClN2O2.H2O4S/c1-31(2)27(33)29(24-9-5-3-6-10-24,25-11-7-4-8-12-25)19-22-32-20-17-28(34,18-21-32)23-13-15-26(30)16-14-23;1-5(2,3)4/h3-16,34H,17-22H2,1-2H3;(H2,1,2,3,4). The number of hydrogen-bond acceptors (Lipinski definition) is 5. The zero-order valence-corrected chi connectivity index (χ0v) is 23.6. The molecule has 0 unspecified atom stereocenters. The number of carbonyl (C=O) groups is 1.